The van der Waals surface area contributed by atoms with Crippen molar-refractivity contribution in [1.82, 2.24) is 30.8 Å². The highest BCUT2D eigenvalue weighted by molar-refractivity contribution is 5.95. The summed E-state index contributed by atoms with van der Waals surface area (Å²) in [5.41, 5.74) is 11.4. The Morgan fingerprint density at radius 3 is 2.37 bits per heavy atom. The maximum Gasteiger partial charge on any atom is 0.246 e. The fourth-order valence-corrected chi connectivity index (χ4v) is 5.55. The van der Waals surface area contributed by atoms with Crippen LogP contribution in [0.5, 0.6) is 0 Å². The van der Waals surface area contributed by atoms with Gasteiger partial charge in [0.25, 0.3) is 0 Å². The molecule has 0 unspecified atom stereocenters. The molecule has 1 aromatic heterocycles. The third-order valence-corrected chi connectivity index (χ3v) is 7.71. The molecule has 3 aliphatic heterocycles. The number of amides is 5. The summed E-state index contributed by atoms with van der Waals surface area (Å²) in [5, 5.41) is 8.42. The standard InChI is InChI=1S/C18H26N6O4.C7H14N2O/c1-2-10-5-6-24(15(10)16(19)26)18(28)13(7-11-8-20-9-21-11)23-17(27)12-3-4-14(25)22-12;1-2-5-3-4-9-6(5)7(8)10/h8-10,12-13,15H,2-7H2,1H3,(H2,19,26)(H,20,21)(H,22,25)(H,23,27);5-6,9H,2-4H2,1H3,(H2,8,10)/t10-,12+,13+,15-;5-,6-/m11/s1. The molecule has 0 aromatic carbocycles. The Kier molecular flexibility index (Phi) is 10.2. The van der Waals surface area contributed by atoms with Crippen LogP contribution in [-0.4, -0.2) is 81.7 Å². The van der Waals surface area contributed by atoms with E-state index in [0.29, 0.717) is 31.0 Å². The summed E-state index contributed by atoms with van der Waals surface area (Å²) in [5.74, 6) is -1.21. The SMILES string of the molecule is CC[C@@H]1CCN(C(=O)[C@H](Cc2cnc[nH]2)NC(=O)[C@@H]2CCC(=O)N2)[C@H]1C(N)=O.CC[C@@H]1CCN[C@H]1C(N)=O. The summed E-state index contributed by atoms with van der Waals surface area (Å²) in [7, 11) is 0. The number of hydrogen-bond acceptors (Lipinski definition) is 7. The summed E-state index contributed by atoms with van der Waals surface area (Å²) < 4.78 is 0. The number of nitrogens with one attached hydrogen (secondary N) is 4. The van der Waals surface area contributed by atoms with Gasteiger partial charge in [-0.15, -0.1) is 0 Å². The topological polar surface area (TPSA) is 205 Å². The normalized spacial score (nSPS) is 27.3. The van der Waals surface area contributed by atoms with Gasteiger partial charge in [-0.05, 0) is 37.6 Å². The molecule has 4 rings (SSSR count). The van der Waals surface area contributed by atoms with Crippen LogP contribution >= 0.6 is 0 Å². The van der Waals surface area contributed by atoms with Crippen molar-refractivity contribution in [2.75, 3.05) is 13.1 Å². The van der Waals surface area contributed by atoms with Crippen molar-refractivity contribution in [3.63, 3.8) is 0 Å². The number of rotatable bonds is 9. The Hall–Kier alpha value is -3.48. The van der Waals surface area contributed by atoms with Crippen LogP contribution in [0.3, 0.4) is 0 Å². The average molecular weight is 533 g/mol. The number of primary amides is 2. The highest BCUT2D eigenvalue weighted by atomic mass is 16.2. The summed E-state index contributed by atoms with van der Waals surface area (Å²) in [6.07, 6.45) is 7.50. The third-order valence-electron chi connectivity index (χ3n) is 7.71. The van der Waals surface area contributed by atoms with Crippen molar-refractivity contribution < 1.29 is 24.0 Å². The number of aromatic amines is 1. The molecule has 6 atom stereocenters. The van der Waals surface area contributed by atoms with Gasteiger partial charge >= 0.3 is 0 Å². The van der Waals surface area contributed by atoms with Gasteiger partial charge in [-0.25, -0.2) is 4.98 Å². The minimum absolute atomic E-state index is 0.0130. The molecule has 0 spiro atoms. The van der Waals surface area contributed by atoms with Crippen LogP contribution in [0.1, 0.15) is 58.1 Å². The number of H-pyrrole nitrogens is 1. The lowest BCUT2D eigenvalue weighted by Gasteiger charge is -2.29. The van der Waals surface area contributed by atoms with Crippen LogP contribution in [0.2, 0.25) is 0 Å². The lowest BCUT2D eigenvalue weighted by molar-refractivity contribution is -0.141. The Balaban J connectivity index is 0.000000336. The Labute approximate surface area is 222 Å². The summed E-state index contributed by atoms with van der Waals surface area (Å²) >= 11 is 0. The maximum absolute atomic E-state index is 13.2. The van der Waals surface area contributed by atoms with Crippen LogP contribution < -0.4 is 27.4 Å². The quantitative estimate of drug-likeness (QED) is 0.226. The van der Waals surface area contributed by atoms with E-state index in [4.69, 9.17) is 11.5 Å². The first-order valence-electron chi connectivity index (χ1n) is 13.4. The van der Waals surface area contributed by atoms with Crippen molar-refractivity contribution in [2.24, 2.45) is 23.3 Å². The lowest BCUT2D eigenvalue weighted by atomic mass is 9.97. The molecule has 5 amide bonds. The van der Waals surface area contributed by atoms with Gasteiger partial charge < -0.3 is 37.3 Å². The van der Waals surface area contributed by atoms with Gasteiger partial charge in [-0.1, -0.05) is 26.7 Å². The molecule has 3 fully saturated rings. The van der Waals surface area contributed by atoms with Crippen molar-refractivity contribution >= 4 is 29.5 Å². The van der Waals surface area contributed by atoms with Crippen LogP contribution in [0, 0.1) is 11.8 Å². The number of aromatic nitrogens is 2. The molecule has 3 aliphatic rings. The molecule has 210 valence electrons. The van der Waals surface area contributed by atoms with E-state index < -0.39 is 29.9 Å². The highest BCUT2D eigenvalue weighted by Crippen LogP contribution is 2.28. The van der Waals surface area contributed by atoms with E-state index >= 15 is 0 Å². The molecule has 13 nitrogen and oxygen atoms in total. The Morgan fingerprint density at radius 1 is 1.11 bits per heavy atom. The van der Waals surface area contributed by atoms with E-state index in [0.717, 1.165) is 25.8 Å². The number of likely N-dealkylation sites (tertiary alicyclic amines) is 1. The van der Waals surface area contributed by atoms with Gasteiger partial charge in [0.1, 0.15) is 18.1 Å². The Morgan fingerprint density at radius 2 is 1.84 bits per heavy atom. The van der Waals surface area contributed by atoms with Gasteiger partial charge in [0, 0.05) is 31.3 Å². The zero-order valence-corrected chi connectivity index (χ0v) is 22.1. The predicted molar refractivity (Wildman–Crippen MR) is 138 cm³/mol. The highest BCUT2D eigenvalue weighted by Gasteiger charge is 2.42. The smallest absolute Gasteiger partial charge is 0.246 e. The van der Waals surface area contributed by atoms with E-state index in [9.17, 15) is 24.0 Å². The minimum Gasteiger partial charge on any atom is -0.368 e. The van der Waals surface area contributed by atoms with Gasteiger partial charge in [0.05, 0.1) is 12.4 Å². The van der Waals surface area contributed by atoms with E-state index in [1.54, 1.807) is 6.20 Å². The van der Waals surface area contributed by atoms with Crippen molar-refractivity contribution in [3.8, 4) is 0 Å². The number of hydrogen-bond donors (Lipinski definition) is 6. The molecule has 1 aromatic rings. The fourth-order valence-electron chi connectivity index (χ4n) is 5.55. The first kappa shape index (κ1) is 29.1. The number of carbonyl (C=O) groups is 5. The second-order valence-corrected chi connectivity index (χ2v) is 10.1. The summed E-state index contributed by atoms with van der Waals surface area (Å²) in [4.78, 5) is 68.3. The van der Waals surface area contributed by atoms with Crippen LogP contribution in [0.25, 0.3) is 0 Å². The predicted octanol–water partition coefficient (Wildman–Crippen LogP) is -1.31. The monoisotopic (exact) mass is 532 g/mol. The molecule has 0 bridgehead atoms. The lowest BCUT2D eigenvalue weighted by Crippen LogP contribution is -2.56. The van der Waals surface area contributed by atoms with Crippen molar-refractivity contribution in [1.29, 1.82) is 0 Å². The molecular formula is C25H40N8O5. The van der Waals surface area contributed by atoms with Crippen molar-refractivity contribution in [2.45, 2.75) is 83.0 Å². The molecule has 8 N–H and O–H groups in total. The molecule has 0 aliphatic carbocycles. The number of nitrogens with zero attached hydrogens (tertiary/aromatic N) is 2. The third kappa shape index (κ3) is 7.09. The van der Waals surface area contributed by atoms with Crippen LogP contribution in [-0.2, 0) is 30.4 Å². The largest absolute Gasteiger partial charge is 0.368 e. The van der Waals surface area contributed by atoms with Crippen LogP contribution in [0.15, 0.2) is 12.5 Å². The number of nitrogens with two attached hydrogens (primary N) is 2. The van der Waals surface area contributed by atoms with E-state index in [2.05, 4.69) is 32.8 Å². The van der Waals surface area contributed by atoms with E-state index in [1.807, 2.05) is 6.92 Å². The summed E-state index contributed by atoms with van der Waals surface area (Å²) in [6, 6.07) is -2.28. The van der Waals surface area contributed by atoms with Crippen molar-refractivity contribution in [3.05, 3.63) is 18.2 Å². The maximum atomic E-state index is 13.2. The first-order valence-corrected chi connectivity index (χ1v) is 13.4. The van der Waals surface area contributed by atoms with Gasteiger partial charge in [-0.2, -0.15) is 0 Å². The van der Waals surface area contributed by atoms with Gasteiger partial charge in [0.2, 0.25) is 29.5 Å². The molecule has 38 heavy (non-hydrogen) atoms. The van der Waals surface area contributed by atoms with Gasteiger partial charge in [-0.3, -0.25) is 24.0 Å². The Bertz CT molecular complexity index is 1000. The van der Waals surface area contributed by atoms with Crippen LogP contribution in [0.4, 0.5) is 0 Å². The molecule has 13 heteroatoms. The minimum atomic E-state index is -0.886. The second kappa shape index (κ2) is 13.4. The molecule has 0 radical (unpaired) electrons. The zero-order chi connectivity index (χ0) is 27.8. The average Bonchev–Trinajstić information content (AvgIpc) is 3.69. The summed E-state index contributed by atoms with van der Waals surface area (Å²) in [6.45, 7) is 5.40. The molecular weight excluding hydrogens is 492 g/mol. The number of carbonyl (C=O) groups excluding carboxylic acids is 5. The zero-order valence-electron chi connectivity index (χ0n) is 22.1. The molecule has 0 saturated carbocycles. The van der Waals surface area contributed by atoms with E-state index in [-0.39, 0.29) is 42.5 Å². The molecule has 3 saturated heterocycles. The molecule has 4 heterocycles. The second-order valence-electron chi connectivity index (χ2n) is 10.1. The van der Waals surface area contributed by atoms with E-state index in [1.165, 1.54) is 11.2 Å². The number of imidazole rings is 1. The van der Waals surface area contributed by atoms with Gasteiger partial charge in [0.15, 0.2) is 0 Å². The fraction of sp³-hybridized carbons (Fsp3) is 0.680. The first-order chi connectivity index (χ1) is 18.2.